The van der Waals surface area contributed by atoms with Gasteiger partial charge in [0.05, 0.1) is 0 Å². The van der Waals surface area contributed by atoms with E-state index >= 15 is 0 Å². The highest BCUT2D eigenvalue weighted by Crippen LogP contribution is 2.41. The minimum atomic E-state index is 0.437. The lowest BCUT2D eigenvalue weighted by molar-refractivity contribution is 0.132. The Morgan fingerprint density at radius 3 is 2.83 bits per heavy atom. The van der Waals surface area contributed by atoms with E-state index < -0.39 is 0 Å². The van der Waals surface area contributed by atoms with Gasteiger partial charge in [0.2, 0.25) is 5.28 Å². The summed E-state index contributed by atoms with van der Waals surface area (Å²) < 4.78 is 1.92. The van der Waals surface area contributed by atoms with Crippen LogP contribution in [0.25, 0.3) is 0 Å². The first-order valence-electron chi connectivity index (χ1n) is 4.23. The summed E-state index contributed by atoms with van der Waals surface area (Å²) in [7, 11) is 0. The van der Waals surface area contributed by atoms with Crippen LogP contribution in [0, 0.1) is 5.41 Å². The highest BCUT2D eigenvalue weighted by atomic mass is 35.5. The van der Waals surface area contributed by atoms with Crippen LogP contribution in [0.5, 0.6) is 0 Å². The van der Waals surface area contributed by atoms with E-state index in [1.54, 1.807) is 6.33 Å². The van der Waals surface area contributed by atoms with E-state index in [2.05, 4.69) is 17.1 Å². The predicted molar refractivity (Wildman–Crippen MR) is 47.0 cm³/mol. The van der Waals surface area contributed by atoms with Crippen molar-refractivity contribution in [2.75, 3.05) is 0 Å². The van der Waals surface area contributed by atoms with Crippen LogP contribution in [0.4, 0.5) is 0 Å². The molecular weight excluding hydrogens is 174 g/mol. The smallest absolute Gasteiger partial charge is 0.224 e. The molecule has 0 bridgehead atoms. The van der Waals surface area contributed by atoms with Gasteiger partial charge in [-0.2, -0.15) is 0 Å². The molecule has 0 N–H and O–H groups in total. The van der Waals surface area contributed by atoms with Crippen LogP contribution in [-0.4, -0.2) is 14.8 Å². The van der Waals surface area contributed by atoms with Crippen molar-refractivity contribution in [2.45, 2.75) is 32.7 Å². The Hall–Kier alpha value is -0.570. The van der Waals surface area contributed by atoms with Crippen LogP contribution in [0.2, 0.25) is 5.28 Å². The standard InChI is InChI=1S/C8H12ClN3/c1-8(3-2-4-8)5-12-6-10-11-7(12)9/h6H,2-5H2,1H3. The molecule has 0 spiro atoms. The van der Waals surface area contributed by atoms with Crippen molar-refractivity contribution in [1.29, 1.82) is 0 Å². The summed E-state index contributed by atoms with van der Waals surface area (Å²) in [6, 6.07) is 0. The quantitative estimate of drug-likeness (QED) is 0.707. The summed E-state index contributed by atoms with van der Waals surface area (Å²) in [5, 5.41) is 7.99. The molecule has 0 aromatic carbocycles. The van der Waals surface area contributed by atoms with Gasteiger partial charge in [0.15, 0.2) is 0 Å². The molecule has 1 aromatic heterocycles. The molecule has 1 saturated carbocycles. The molecule has 12 heavy (non-hydrogen) atoms. The molecule has 3 nitrogen and oxygen atoms in total. The Labute approximate surface area is 76.7 Å². The monoisotopic (exact) mass is 185 g/mol. The fourth-order valence-electron chi connectivity index (χ4n) is 1.70. The molecule has 0 aliphatic heterocycles. The van der Waals surface area contributed by atoms with Crippen LogP contribution < -0.4 is 0 Å². The summed E-state index contributed by atoms with van der Waals surface area (Å²) in [6.45, 7) is 3.24. The Kier molecular flexibility index (Phi) is 1.83. The van der Waals surface area contributed by atoms with Crippen LogP contribution >= 0.6 is 11.6 Å². The molecule has 0 radical (unpaired) electrons. The molecule has 0 atom stereocenters. The predicted octanol–water partition coefficient (Wildman–Crippen LogP) is 2.12. The molecule has 0 unspecified atom stereocenters. The van der Waals surface area contributed by atoms with E-state index in [4.69, 9.17) is 11.6 Å². The first kappa shape index (κ1) is 8.05. The first-order chi connectivity index (χ1) is 5.70. The molecule has 1 aliphatic rings. The van der Waals surface area contributed by atoms with Crippen LogP contribution in [-0.2, 0) is 6.54 Å². The molecule has 1 fully saturated rings. The molecule has 1 heterocycles. The van der Waals surface area contributed by atoms with Gasteiger partial charge in [-0.3, -0.25) is 0 Å². The zero-order chi connectivity index (χ0) is 8.60. The number of nitrogens with zero attached hydrogens (tertiary/aromatic N) is 3. The molecule has 1 aliphatic carbocycles. The Morgan fingerprint density at radius 2 is 2.42 bits per heavy atom. The van der Waals surface area contributed by atoms with Crippen molar-refractivity contribution in [3.8, 4) is 0 Å². The molecular formula is C8H12ClN3. The van der Waals surface area contributed by atoms with E-state index in [1.165, 1.54) is 19.3 Å². The molecule has 0 saturated heterocycles. The zero-order valence-electron chi connectivity index (χ0n) is 7.13. The normalized spacial score (nSPS) is 20.5. The van der Waals surface area contributed by atoms with Gasteiger partial charge in [-0.05, 0) is 29.9 Å². The van der Waals surface area contributed by atoms with Gasteiger partial charge in [-0.1, -0.05) is 13.3 Å². The van der Waals surface area contributed by atoms with Gasteiger partial charge in [0.1, 0.15) is 6.33 Å². The summed E-state index contributed by atoms with van der Waals surface area (Å²) in [5.74, 6) is 0. The van der Waals surface area contributed by atoms with Gasteiger partial charge in [-0.15, -0.1) is 10.2 Å². The highest BCUT2D eigenvalue weighted by Gasteiger charge is 2.32. The zero-order valence-corrected chi connectivity index (χ0v) is 7.88. The minimum absolute atomic E-state index is 0.437. The fourth-order valence-corrected chi connectivity index (χ4v) is 1.84. The maximum absolute atomic E-state index is 5.82. The summed E-state index contributed by atoms with van der Waals surface area (Å²) in [6.07, 6.45) is 5.63. The van der Waals surface area contributed by atoms with Crippen molar-refractivity contribution < 1.29 is 0 Å². The number of hydrogen-bond acceptors (Lipinski definition) is 2. The third-order valence-electron chi connectivity index (χ3n) is 2.68. The largest absolute Gasteiger partial charge is 0.304 e. The van der Waals surface area contributed by atoms with E-state index in [0.29, 0.717) is 10.7 Å². The Bertz CT molecular complexity index is 278. The maximum Gasteiger partial charge on any atom is 0.224 e. The van der Waals surface area contributed by atoms with Gasteiger partial charge in [0.25, 0.3) is 0 Å². The highest BCUT2D eigenvalue weighted by molar-refractivity contribution is 6.28. The van der Waals surface area contributed by atoms with Gasteiger partial charge < -0.3 is 4.57 Å². The molecule has 4 heteroatoms. The lowest BCUT2D eigenvalue weighted by Gasteiger charge is -2.38. The van der Waals surface area contributed by atoms with Crippen molar-refractivity contribution in [3.63, 3.8) is 0 Å². The second-order valence-electron chi connectivity index (χ2n) is 3.89. The first-order valence-corrected chi connectivity index (χ1v) is 4.61. The Balaban J connectivity index is 2.08. The number of hydrogen-bond donors (Lipinski definition) is 0. The van der Waals surface area contributed by atoms with Gasteiger partial charge in [0, 0.05) is 6.54 Å². The van der Waals surface area contributed by atoms with E-state index in [1.807, 2.05) is 4.57 Å². The van der Waals surface area contributed by atoms with E-state index in [0.717, 1.165) is 6.54 Å². The topological polar surface area (TPSA) is 30.7 Å². The minimum Gasteiger partial charge on any atom is -0.304 e. The maximum atomic E-state index is 5.82. The van der Waals surface area contributed by atoms with Crippen LogP contribution in [0.3, 0.4) is 0 Å². The Morgan fingerprint density at radius 1 is 1.67 bits per heavy atom. The number of halogens is 1. The second kappa shape index (κ2) is 2.73. The number of rotatable bonds is 2. The third-order valence-corrected chi connectivity index (χ3v) is 2.97. The molecule has 66 valence electrons. The van der Waals surface area contributed by atoms with Gasteiger partial charge >= 0.3 is 0 Å². The number of aromatic nitrogens is 3. The van der Waals surface area contributed by atoms with Crippen LogP contribution in [0.1, 0.15) is 26.2 Å². The molecule has 0 amide bonds. The lowest BCUT2D eigenvalue weighted by atomic mass is 9.70. The fraction of sp³-hybridized carbons (Fsp3) is 0.750. The second-order valence-corrected chi connectivity index (χ2v) is 4.23. The van der Waals surface area contributed by atoms with Crippen molar-refractivity contribution in [1.82, 2.24) is 14.8 Å². The van der Waals surface area contributed by atoms with Crippen molar-refractivity contribution >= 4 is 11.6 Å². The van der Waals surface area contributed by atoms with Gasteiger partial charge in [-0.25, -0.2) is 0 Å². The van der Waals surface area contributed by atoms with Crippen molar-refractivity contribution in [2.24, 2.45) is 5.41 Å². The van der Waals surface area contributed by atoms with E-state index in [9.17, 15) is 0 Å². The summed E-state index contributed by atoms with van der Waals surface area (Å²) >= 11 is 5.82. The SMILES string of the molecule is CC1(Cn2cnnc2Cl)CCC1. The van der Waals surface area contributed by atoms with Crippen LogP contribution in [0.15, 0.2) is 6.33 Å². The van der Waals surface area contributed by atoms with E-state index in [-0.39, 0.29) is 0 Å². The lowest BCUT2D eigenvalue weighted by Crippen LogP contribution is -2.30. The molecule has 1 aromatic rings. The third kappa shape index (κ3) is 1.33. The van der Waals surface area contributed by atoms with Crippen molar-refractivity contribution in [3.05, 3.63) is 11.6 Å². The molecule has 2 rings (SSSR count). The summed E-state index contributed by atoms with van der Waals surface area (Å²) in [5.41, 5.74) is 0.437. The average Bonchev–Trinajstić information content (AvgIpc) is 2.34. The summed E-state index contributed by atoms with van der Waals surface area (Å²) in [4.78, 5) is 0. The average molecular weight is 186 g/mol.